The van der Waals surface area contributed by atoms with Gasteiger partial charge in [0.1, 0.15) is 5.92 Å². The summed E-state index contributed by atoms with van der Waals surface area (Å²) in [7, 11) is 0. The van der Waals surface area contributed by atoms with Crippen molar-refractivity contribution in [3.63, 3.8) is 0 Å². The maximum absolute atomic E-state index is 8.99. The fourth-order valence-electron chi connectivity index (χ4n) is 1.36. The van der Waals surface area contributed by atoms with Crippen molar-refractivity contribution in [3.05, 3.63) is 48.0 Å². The third-order valence-electron chi connectivity index (χ3n) is 2.02. The number of hydrogen-bond donors (Lipinski definition) is 2. The number of nitriles is 1. The van der Waals surface area contributed by atoms with E-state index >= 15 is 0 Å². The van der Waals surface area contributed by atoms with Gasteiger partial charge in [0.15, 0.2) is 0 Å². The minimum Gasteiger partial charge on any atom is -0.367 e. The van der Waals surface area contributed by atoms with E-state index in [1.807, 2.05) is 36.8 Å². The Balaban J connectivity index is 2.36. The van der Waals surface area contributed by atoms with Crippen molar-refractivity contribution in [3.8, 4) is 6.07 Å². The minimum absolute atomic E-state index is 0.193. The van der Waals surface area contributed by atoms with Gasteiger partial charge in [-0.15, -0.1) is 0 Å². The Labute approximate surface area is 76.0 Å². The van der Waals surface area contributed by atoms with Crippen molar-refractivity contribution < 1.29 is 0 Å². The largest absolute Gasteiger partial charge is 0.367 e. The zero-order valence-electron chi connectivity index (χ0n) is 6.99. The summed E-state index contributed by atoms with van der Waals surface area (Å²) in [4.78, 5) is 5.98. The molecule has 1 unspecified atom stereocenters. The van der Waals surface area contributed by atoms with Gasteiger partial charge in [0.2, 0.25) is 0 Å². The molecule has 0 radical (unpaired) electrons. The number of aromatic amines is 2. The lowest BCUT2D eigenvalue weighted by atomic mass is 10.0. The molecule has 13 heavy (non-hydrogen) atoms. The maximum Gasteiger partial charge on any atom is 0.113 e. The summed E-state index contributed by atoms with van der Waals surface area (Å²) >= 11 is 0. The van der Waals surface area contributed by atoms with Crippen molar-refractivity contribution in [1.29, 1.82) is 5.26 Å². The van der Waals surface area contributed by atoms with Gasteiger partial charge in [0.25, 0.3) is 0 Å². The van der Waals surface area contributed by atoms with E-state index in [1.165, 1.54) is 0 Å². The van der Waals surface area contributed by atoms with E-state index in [2.05, 4.69) is 16.0 Å². The summed E-state index contributed by atoms with van der Waals surface area (Å²) < 4.78 is 0. The van der Waals surface area contributed by atoms with Gasteiger partial charge >= 0.3 is 0 Å². The molecule has 64 valence electrons. The number of hydrogen-bond acceptors (Lipinski definition) is 1. The highest BCUT2D eigenvalue weighted by molar-refractivity contribution is 5.32. The molecule has 0 saturated carbocycles. The van der Waals surface area contributed by atoms with E-state index in [4.69, 9.17) is 5.26 Å². The number of aromatic nitrogens is 2. The lowest BCUT2D eigenvalue weighted by Gasteiger charge is -2.03. The zero-order valence-corrected chi connectivity index (χ0v) is 6.99. The second kappa shape index (κ2) is 3.20. The van der Waals surface area contributed by atoms with Crippen LogP contribution in [0.2, 0.25) is 0 Å². The Kier molecular flexibility index (Phi) is 1.89. The van der Waals surface area contributed by atoms with Crippen molar-refractivity contribution >= 4 is 0 Å². The van der Waals surface area contributed by atoms with Crippen LogP contribution in [0.4, 0.5) is 0 Å². The fourth-order valence-corrected chi connectivity index (χ4v) is 1.36. The molecule has 0 saturated heterocycles. The van der Waals surface area contributed by atoms with Crippen LogP contribution in [-0.2, 0) is 0 Å². The van der Waals surface area contributed by atoms with Gasteiger partial charge in [-0.05, 0) is 23.8 Å². The van der Waals surface area contributed by atoms with E-state index < -0.39 is 0 Å². The van der Waals surface area contributed by atoms with E-state index in [-0.39, 0.29) is 5.92 Å². The molecule has 0 bridgehead atoms. The lowest BCUT2D eigenvalue weighted by Crippen LogP contribution is -1.96. The first kappa shape index (κ1) is 7.69. The van der Waals surface area contributed by atoms with Crippen LogP contribution < -0.4 is 0 Å². The van der Waals surface area contributed by atoms with Crippen LogP contribution in [0.5, 0.6) is 0 Å². The molecule has 2 aromatic heterocycles. The molecular formula is C10H9N3. The molecule has 0 aliphatic carbocycles. The molecular weight excluding hydrogens is 162 g/mol. The average Bonchev–Trinajstić information content (AvgIpc) is 2.76. The quantitative estimate of drug-likeness (QED) is 0.713. The average molecular weight is 171 g/mol. The van der Waals surface area contributed by atoms with Crippen molar-refractivity contribution in [2.75, 3.05) is 0 Å². The summed E-state index contributed by atoms with van der Waals surface area (Å²) in [6.07, 6.45) is 5.49. The molecule has 2 heterocycles. The van der Waals surface area contributed by atoms with E-state index in [0.29, 0.717) is 0 Å². The summed E-state index contributed by atoms with van der Waals surface area (Å²) in [6.45, 7) is 0. The van der Waals surface area contributed by atoms with Gasteiger partial charge in [-0.25, -0.2) is 0 Å². The monoisotopic (exact) mass is 171 g/mol. The minimum atomic E-state index is -0.193. The Bertz CT molecular complexity index is 358. The van der Waals surface area contributed by atoms with E-state index in [1.54, 1.807) is 0 Å². The van der Waals surface area contributed by atoms with Crippen LogP contribution in [0.3, 0.4) is 0 Å². The SMILES string of the molecule is N#CC(c1cc[nH]c1)c1ccc[nH]1. The van der Waals surface area contributed by atoms with Crippen LogP contribution in [0.25, 0.3) is 0 Å². The molecule has 0 aliphatic heterocycles. The van der Waals surface area contributed by atoms with E-state index in [0.717, 1.165) is 11.3 Å². The summed E-state index contributed by atoms with van der Waals surface area (Å²) in [5, 5.41) is 8.99. The molecule has 2 aromatic rings. The summed E-state index contributed by atoms with van der Waals surface area (Å²) in [6, 6.07) is 7.98. The van der Waals surface area contributed by atoms with Gasteiger partial charge in [-0.3, -0.25) is 0 Å². The Hall–Kier alpha value is -1.95. The van der Waals surface area contributed by atoms with Crippen molar-refractivity contribution in [1.82, 2.24) is 9.97 Å². The number of nitrogens with one attached hydrogen (secondary N) is 2. The molecule has 0 fully saturated rings. The first-order valence-electron chi connectivity index (χ1n) is 4.07. The van der Waals surface area contributed by atoms with Crippen molar-refractivity contribution in [2.24, 2.45) is 0 Å². The molecule has 0 aliphatic rings. The highest BCUT2D eigenvalue weighted by Crippen LogP contribution is 2.21. The Morgan fingerprint density at radius 3 is 2.77 bits per heavy atom. The molecule has 2 rings (SSSR count). The highest BCUT2D eigenvalue weighted by atomic mass is 14.7. The number of rotatable bonds is 2. The standard InChI is InChI=1S/C10H9N3/c11-6-9(8-3-5-12-7-8)10-2-1-4-13-10/h1-5,7,9,12-13H. The number of H-pyrrole nitrogens is 2. The smallest absolute Gasteiger partial charge is 0.113 e. The van der Waals surface area contributed by atoms with Gasteiger partial charge in [-0.1, -0.05) is 0 Å². The Morgan fingerprint density at radius 2 is 2.23 bits per heavy atom. The van der Waals surface area contributed by atoms with Gasteiger partial charge in [-0.2, -0.15) is 5.26 Å². The van der Waals surface area contributed by atoms with Gasteiger partial charge in [0.05, 0.1) is 6.07 Å². The van der Waals surface area contributed by atoms with Gasteiger partial charge < -0.3 is 9.97 Å². The third-order valence-corrected chi connectivity index (χ3v) is 2.02. The predicted octanol–water partition coefficient (Wildman–Crippen LogP) is 2.00. The predicted molar refractivity (Wildman–Crippen MR) is 49.0 cm³/mol. The van der Waals surface area contributed by atoms with Crippen LogP contribution in [0.15, 0.2) is 36.8 Å². The molecule has 3 nitrogen and oxygen atoms in total. The summed E-state index contributed by atoms with van der Waals surface area (Å²) in [5.74, 6) is -0.193. The second-order valence-corrected chi connectivity index (χ2v) is 2.83. The maximum atomic E-state index is 8.99. The van der Waals surface area contributed by atoms with Crippen molar-refractivity contribution in [2.45, 2.75) is 5.92 Å². The van der Waals surface area contributed by atoms with Crippen LogP contribution >= 0.6 is 0 Å². The van der Waals surface area contributed by atoms with Gasteiger partial charge in [0, 0.05) is 24.3 Å². The molecule has 0 spiro atoms. The first-order chi connectivity index (χ1) is 6.42. The molecule has 2 N–H and O–H groups in total. The third kappa shape index (κ3) is 1.34. The van der Waals surface area contributed by atoms with E-state index in [9.17, 15) is 0 Å². The summed E-state index contributed by atoms with van der Waals surface area (Å²) in [5.41, 5.74) is 1.92. The number of nitrogens with zero attached hydrogens (tertiary/aromatic N) is 1. The molecule has 1 atom stereocenters. The molecule has 0 aromatic carbocycles. The normalized spacial score (nSPS) is 12.2. The lowest BCUT2D eigenvalue weighted by molar-refractivity contribution is 0.987. The zero-order chi connectivity index (χ0) is 9.10. The van der Waals surface area contributed by atoms with Crippen LogP contribution in [0, 0.1) is 11.3 Å². The first-order valence-corrected chi connectivity index (χ1v) is 4.07. The highest BCUT2D eigenvalue weighted by Gasteiger charge is 2.13. The van der Waals surface area contributed by atoms with Crippen LogP contribution in [-0.4, -0.2) is 9.97 Å². The Morgan fingerprint density at radius 1 is 1.31 bits per heavy atom. The van der Waals surface area contributed by atoms with Crippen LogP contribution in [0.1, 0.15) is 17.2 Å². The fraction of sp³-hybridized carbons (Fsp3) is 0.100. The topological polar surface area (TPSA) is 55.4 Å². The molecule has 0 amide bonds. The molecule has 3 heteroatoms. The second-order valence-electron chi connectivity index (χ2n) is 2.83.